The highest BCUT2D eigenvalue weighted by Gasteiger charge is 2.07. The quantitative estimate of drug-likeness (QED) is 0.709. The summed E-state index contributed by atoms with van der Waals surface area (Å²) in [7, 11) is 1.74. The molecule has 0 fully saturated rings. The van der Waals surface area contributed by atoms with Crippen LogP contribution < -0.4 is 5.32 Å². The van der Waals surface area contributed by atoms with Gasteiger partial charge in [0.25, 0.3) is 0 Å². The standard InChI is InChI=1S/C11H14FN2/c1-3-4-11(13)9-6-5-8(14-2)7-10(9)12/h3,5-7,13-14H,4H2,1-2H3. The minimum atomic E-state index is -0.344. The number of benzene rings is 1. The maximum absolute atomic E-state index is 13.4. The van der Waals surface area contributed by atoms with Gasteiger partial charge in [0.1, 0.15) is 5.82 Å². The molecule has 3 heteroatoms. The van der Waals surface area contributed by atoms with Gasteiger partial charge < -0.3 is 10.7 Å². The van der Waals surface area contributed by atoms with Gasteiger partial charge in [-0.25, -0.2) is 4.39 Å². The maximum atomic E-state index is 13.4. The molecule has 0 aromatic heterocycles. The minimum Gasteiger partial charge on any atom is -0.388 e. The normalized spacial score (nSPS) is 9.93. The van der Waals surface area contributed by atoms with Gasteiger partial charge in [0.15, 0.2) is 0 Å². The van der Waals surface area contributed by atoms with Gasteiger partial charge in [-0.2, -0.15) is 0 Å². The molecule has 75 valence electrons. The molecule has 14 heavy (non-hydrogen) atoms. The molecule has 0 amide bonds. The summed E-state index contributed by atoms with van der Waals surface area (Å²) in [4.78, 5) is 0. The average Bonchev–Trinajstić information content (AvgIpc) is 2.17. The highest BCUT2D eigenvalue weighted by atomic mass is 19.1. The molecule has 0 aliphatic rings. The molecule has 0 unspecified atom stereocenters. The van der Waals surface area contributed by atoms with Gasteiger partial charge in [-0.3, -0.25) is 0 Å². The second-order valence-electron chi connectivity index (χ2n) is 3.04. The zero-order valence-electron chi connectivity index (χ0n) is 8.39. The van der Waals surface area contributed by atoms with E-state index in [1.54, 1.807) is 19.2 Å². The lowest BCUT2D eigenvalue weighted by Crippen LogP contribution is -2.02. The van der Waals surface area contributed by atoms with E-state index in [1.165, 1.54) is 6.07 Å². The van der Waals surface area contributed by atoms with Crippen molar-refractivity contribution in [1.29, 1.82) is 5.41 Å². The van der Waals surface area contributed by atoms with E-state index in [9.17, 15) is 4.39 Å². The first-order valence-electron chi connectivity index (χ1n) is 4.52. The van der Waals surface area contributed by atoms with Crippen molar-refractivity contribution < 1.29 is 4.39 Å². The van der Waals surface area contributed by atoms with Crippen molar-refractivity contribution in [3.05, 3.63) is 36.0 Å². The van der Waals surface area contributed by atoms with Crippen LogP contribution in [0, 0.1) is 17.6 Å². The summed E-state index contributed by atoms with van der Waals surface area (Å²) in [5.41, 5.74) is 1.41. The molecule has 0 heterocycles. The SMILES string of the molecule is C[CH]CC(=N)c1ccc(NC)cc1F. The summed E-state index contributed by atoms with van der Waals surface area (Å²) in [5.74, 6) is -0.344. The summed E-state index contributed by atoms with van der Waals surface area (Å²) in [6.07, 6.45) is 2.34. The van der Waals surface area contributed by atoms with E-state index in [0.717, 1.165) is 5.69 Å². The van der Waals surface area contributed by atoms with Gasteiger partial charge in [-0.05, 0) is 31.0 Å². The van der Waals surface area contributed by atoms with Crippen molar-refractivity contribution >= 4 is 11.4 Å². The van der Waals surface area contributed by atoms with E-state index in [2.05, 4.69) is 5.32 Å². The molecule has 0 aliphatic heterocycles. The van der Waals surface area contributed by atoms with Crippen molar-refractivity contribution in [2.45, 2.75) is 13.3 Å². The van der Waals surface area contributed by atoms with Crippen molar-refractivity contribution in [1.82, 2.24) is 0 Å². The Hall–Kier alpha value is -1.38. The van der Waals surface area contributed by atoms with Gasteiger partial charge in [0.05, 0.1) is 0 Å². The van der Waals surface area contributed by atoms with Crippen LogP contribution in [-0.4, -0.2) is 12.8 Å². The van der Waals surface area contributed by atoms with Crippen molar-refractivity contribution in [3.8, 4) is 0 Å². The molecule has 0 saturated heterocycles. The Morgan fingerprint density at radius 2 is 2.29 bits per heavy atom. The third kappa shape index (κ3) is 2.31. The zero-order valence-corrected chi connectivity index (χ0v) is 8.39. The third-order valence-electron chi connectivity index (χ3n) is 1.99. The minimum absolute atomic E-state index is 0.313. The molecule has 1 radical (unpaired) electrons. The molecule has 0 aliphatic carbocycles. The lowest BCUT2D eigenvalue weighted by molar-refractivity contribution is 0.625. The van der Waals surface area contributed by atoms with Crippen molar-refractivity contribution in [3.63, 3.8) is 0 Å². The first kappa shape index (κ1) is 10.7. The summed E-state index contributed by atoms with van der Waals surface area (Å²) in [5, 5.41) is 10.5. The Bertz CT molecular complexity index is 334. The van der Waals surface area contributed by atoms with Crippen LogP contribution in [0.1, 0.15) is 18.9 Å². The number of hydrogen-bond acceptors (Lipinski definition) is 2. The first-order valence-corrected chi connectivity index (χ1v) is 4.52. The van der Waals surface area contributed by atoms with E-state index in [4.69, 9.17) is 5.41 Å². The second-order valence-corrected chi connectivity index (χ2v) is 3.04. The van der Waals surface area contributed by atoms with E-state index in [-0.39, 0.29) is 5.82 Å². The molecule has 2 N–H and O–H groups in total. The Morgan fingerprint density at radius 1 is 1.57 bits per heavy atom. The van der Waals surface area contributed by atoms with Crippen LogP contribution in [0.4, 0.5) is 10.1 Å². The van der Waals surface area contributed by atoms with Crippen molar-refractivity contribution in [2.24, 2.45) is 0 Å². The van der Waals surface area contributed by atoms with E-state index in [1.807, 2.05) is 13.3 Å². The molecule has 0 saturated carbocycles. The fourth-order valence-electron chi connectivity index (χ4n) is 1.23. The van der Waals surface area contributed by atoms with E-state index in [0.29, 0.717) is 17.7 Å². The summed E-state index contributed by atoms with van der Waals surface area (Å²) in [6.45, 7) is 1.86. The first-order chi connectivity index (χ1) is 6.69. The molecule has 0 bridgehead atoms. The topological polar surface area (TPSA) is 35.9 Å². The Balaban J connectivity index is 2.94. The van der Waals surface area contributed by atoms with E-state index >= 15 is 0 Å². The molecule has 0 atom stereocenters. The van der Waals surface area contributed by atoms with Gasteiger partial charge >= 0.3 is 0 Å². The molecule has 1 aromatic carbocycles. The Labute approximate surface area is 83.7 Å². The number of nitrogens with one attached hydrogen (secondary N) is 2. The molecular formula is C11H14FN2. The molecule has 1 rings (SSSR count). The fourth-order valence-corrected chi connectivity index (χ4v) is 1.23. The fraction of sp³-hybridized carbons (Fsp3) is 0.273. The number of rotatable bonds is 4. The van der Waals surface area contributed by atoms with Crippen molar-refractivity contribution in [2.75, 3.05) is 12.4 Å². The second kappa shape index (κ2) is 4.74. The molecule has 1 aromatic rings. The van der Waals surface area contributed by atoms with Gasteiger partial charge in [-0.15, -0.1) is 0 Å². The lowest BCUT2D eigenvalue weighted by atomic mass is 10.1. The predicted molar refractivity (Wildman–Crippen MR) is 57.4 cm³/mol. The smallest absolute Gasteiger partial charge is 0.134 e. The van der Waals surface area contributed by atoms with Crippen LogP contribution in [0.2, 0.25) is 0 Å². The number of anilines is 1. The number of halogens is 1. The van der Waals surface area contributed by atoms with Gasteiger partial charge in [0, 0.05) is 24.0 Å². The van der Waals surface area contributed by atoms with Gasteiger partial charge in [0.2, 0.25) is 0 Å². The number of hydrogen-bond donors (Lipinski definition) is 2. The van der Waals surface area contributed by atoms with Gasteiger partial charge in [-0.1, -0.05) is 6.92 Å². The molecule has 2 nitrogen and oxygen atoms in total. The summed E-state index contributed by atoms with van der Waals surface area (Å²) < 4.78 is 13.4. The van der Waals surface area contributed by atoms with Crippen LogP contribution in [0.5, 0.6) is 0 Å². The van der Waals surface area contributed by atoms with Crippen LogP contribution in [-0.2, 0) is 0 Å². The van der Waals surface area contributed by atoms with Crippen LogP contribution in [0.3, 0.4) is 0 Å². The third-order valence-corrected chi connectivity index (χ3v) is 1.99. The Morgan fingerprint density at radius 3 is 2.79 bits per heavy atom. The van der Waals surface area contributed by atoms with Crippen LogP contribution >= 0.6 is 0 Å². The lowest BCUT2D eigenvalue weighted by Gasteiger charge is -2.06. The highest BCUT2D eigenvalue weighted by Crippen LogP contribution is 2.15. The zero-order chi connectivity index (χ0) is 10.6. The summed E-state index contributed by atoms with van der Waals surface area (Å²) in [6, 6.07) is 4.80. The maximum Gasteiger partial charge on any atom is 0.134 e. The molecular weight excluding hydrogens is 179 g/mol. The highest BCUT2D eigenvalue weighted by molar-refractivity contribution is 5.99. The summed E-state index contributed by atoms with van der Waals surface area (Å²) >= 11 is 0. The Kier molecular flexibility index (Phi) is 3.63. The van der Waals surface area contributed by atoms with Crippen LogP contribution in [0.25, 0.3) is 0 Å². The average molecular weight is 193 g/mol. The molecule has 0 spiro atoms. The monoisotopic (exact) mass is 193 g/mol. The predicted octanol–water partition coefficient (Wildman–Crippen LogP) is 2.85. The van der Waals surface area contributed by atoms with Crippen LogP contribution in [0.15, 0.2) is 18.2 Å². The largest absolute Gasteiger partial charge is 0.388 e. The van der Waals surface area contributed by atoms with E-state index < -0.39 is 0 Å².